The fourth-order valence-corrected chi connectivity index (χ4v) is 4.91. The molecule has 0 radical (unpaired) electrons. The van der Waals surface area contributed by atoms with Gasteiger partial charge in [0.15, 0.2) is 10.9 Å². The second-order valence-corrected chi connectivity index (χ2v) is 8.80. The summed E-state index contributed by atoms with van der Waals surface area (Å²) < 4.78 is 29.8. The molecule has 0 spiro atoms. The normalized spacial score (nSPS) is 11.2. The first-order valence-corrected chi connectivity index (χ1v) is 10.7. The molecule has 0 N–H and O–H groups in total. The van der Waals surface area contributed by atoms with Crippen molar-refractivity contribution in [1.82, 2.24) is 14.8 Å². The highest BCUT2D eigenvalue weighted by molar-refractivity contribution is 7.22. The zero-order chi connectivity index (χ0) is 22.3. The number of thiazole rings is 1. The van der Waals surface area contributed by atoms with Crippen molar-refractivity contribution in [3.63, 3.8) is 0 Å². The van der Waals surface area contributed by atoms with E-state index < -0.39 is 22.5 Å². The second-order valence-electron chi connectivity index (χ2n) is 6.73. The lowest BCUT2D eigenvalue weighted by Gasteiger charge is -2.19. The molecule has 4 aromatic rings. The molecule has 1 aromatic carbocycles. The second kappa shape index (κ2) is 8.12. The van der Waals surface area contributed by atoms with Crippen molar-refractivity contribution in [1.29, 1.82) is 0 Å². The van der Waals surface area contributed by atoms with E-state index in [1.54, 1.807) is 4.68 Å². The molecule has 0 unspecified atom stereocenters. The SMILES string of the molecule is Cc1cc(C)n(CCN(C(=O)c2ccc([N+](=O)[O-])s2)c2nc3c(F)cc(F)cc3s2)n1. The number of hydrogen-bond acceptors (Lipinski definition) is 7. The number of carbonyl (C=O) groups excluding carboxylic acids is 1. The summed E-state index contributed by atoms with van der Waals surface area (Å²) in [6.45, 7) is 4.19. The van der Waals surface area contributed by atoms with Gasteiger partial charge >= 0.3 is 5.00 Å². The Morgan fingerprint density at radius 2 is 2.00 bits per heavy atom. The minimum Gasteiger partial charge on any atom is -0.281 e. The summed E-state index contributed by atoms with van der Waals surface area (Å²) in [4.78, 5) is 29.3. The molecule has 0 saturated carbocycles. The van der Waals surface area contributed by atoms with Gasteiger partial charge < -0.3 is 0 Å². The van der Waals surface area contributed by atoms with Crippen LogP contribution in [0.5, 0.6) is 0 Å². The number of aromatic nitrogens is 3. The number of hydrogen-bond donors (Lipinski definition) is 0. The van der Waals surface area contributed by atoms with Crippen LogP contribution in [0.2, 0.25) is 0 Å². The zero-order valence-corrected chi connectivity index (χ0v) is 18.0. The van der Waals surface area contributed by atoms with Crippen molar-refractivity contribution in [3.05, 3.63) is 68.3 Å². The molecule has 0 aliphatic rings. The smallest absolute Gasteiger partial charge is 0.281 e. The average Bonchev–Trinajstić information content (AvgIpc) is 3.40. The van der Waals surface area contributed by atoms with Crippen LogP contribution >= 0.6 is 22.7 Å². The van der Waals surface area contributed by atoms with Gasteiger partial charge in [-0.3, -0.25) is 24.5 Å². The van der Waals surface area contributed by atoms with Crippen LogP contribution in [0.1, 0.15) is 21.1 Å². The first-order valence-electron chi connectivity index (χ1n) is 9.05. The number of carbonyl (C=O) groups is 1. The highest BCUT2D eigenvalue weighted by atomic mass is 32.1. The average molecular weight is 463 g/mol. The number of amides is 1. The first kappa shape index (κ1) is 21.0. The van der Waals surface area contributed by atoms with E-state index in [4.69, 9.17) is 0 Å². The molecule has 8 nitrogen and oxygen atoms in total. The number of aryl methyl sites for hydroxylation is 2. The number of halogens is 2. The third-order valence-corrected chi connectivity index (χ3v) is 6.55. The number of rotatable bonds is 6. The van der Waals surface area contributed by atoms with Crippen LogP contribution in [0, 0.1) is 35.6 Å². The molecule has 3 aromatic heterocycles. The standard InChI is InChI=1S/C19H15F2N5O3S2/c1-10-7-11(2)25(23-10)6-5-24(18(27)14-3-4-16(30-14)26(28)29)19-22-17-13(21)8-12(20)9-15(17)31-19/h3-4,7-9H,5-6H2,1-2H3. The molecule has 31 heavy (non-hydrogen) atoms. The number of anilines is 1. The van der Waals surface area contributed by atoms with Crippen molar-refractivity contribution in [3.8, 4) is 0 Å². The number of nitro groups is 1. The topological polar surface area (TPSA) is 94.2 Å². The number of nitrogens with zero attached hydrogens (tertiary/aromatic N) is 5. The quantitative estimate of drug-likeness (QED) is 0.305. The molecular weight excluding hydrogens is 448 g/mol. The highest BCUT2D eigenvalue weighted by Gasteiger charge is 2.25. The van der Waals surface area contributed by atoms with Gasteiger partial charge in [-0.2, -0.15) is 5.10 Å². The number of thiophene rings is 1. The van der Waals surface area contributed by atoms with Crippen LogP contribution in [0.3, 0.4) is 0 Å². The monoisotopic (exact) mass is 463 g/mol. The van der Waals surface area contributed by atoms with E-state index in [0.717, 1.165) is 46.2 Å². The van der Waals surface area contributed by atoms with Gasteiger partial charge in [0.2, 0.25) is 0 Å². The lowest BCUT2D eigenvalue weighted by molar-refractivity contribution is -0.380. The Labute approximate surface area is 182 Å². The van der Waals surface area contributed by atoms with E-state index >= 15 is 0 Å². The number of benzene rings is 1. The molecule has 0 saturated heterocycles. The third kappa shape index (κ3) is 4.16. The Balaban J connectivity index is 1.72. The molecule has 1 amide bonds. The molecule has 160 valence electrons. The molecule has 12 heteroatoms. The van der Waals surface area contributed by atoms with E-state index in [9.17, 15) is 23.7 Å². The fraction of sp³-hybridized carbons (Fsp3) is 0.211. The van der Waals surface area contributed by atoms with Gasteiger partial charge in [0.25, 0.3) is 5.91 Å². The Kier molecular flexibility index (Phi) is 5.50. The fourth-order valence-electron chi connectivity index (χ4n) is 3.11. The summed E-state index contributed by atoms with van der Waals surface area (Å²) in [6, 6.07) is 6.40. The van der Waals surface area contributed by atoms with E-state index in [2.05, 4.69) is 10.1 Å². The molecular formula is C19H15F2N5O3S2. The maximum atomic E-state index is 14.2. The maximum Gasteiger partial charge on any atom is 0.324 e. The van der Waals surface area contributed by atoms with Crippen molar-refractivity contribution in [2.75, 3.05) is 11.4 Å². The van der Waals surface area contributed by atoms with Gasteiger partial charge in [-0.05, 0) is 32.0 Å². The van der Waals surface area contributed by atoms with Crippen molar-refractivity contribution in [2.24, 2.45) is 0 Å². The molecule has 3 heterocycles. The summed E-state index contributed by atoms with van der Waals surface area (Å²) in [5, 5.41) is 15.4. The minimum absolute atomic E-state index is 0.0394. The van der Waals surface area contributed by atoms with Gasteiger partial charge in [-0.15, -0.1) is 0 Å². The third-order valence-electron chi connectivity index (χ3n) is 4.50. The van der Waals surface area contributed by atoms with Crippen molar-refractivity contribution in [2.45, 2.75) is 20.4 Å². The van der Waals surface area contributed by atoms with Crippen LogP contribution in [-0.2, 0) is 6.54 Å². The highest BCUT2D eigenvalue weighted by Crippen LogP contribution is 2.33. The largest absolute Gasteiger partial charge is 0.324 e. The van der Waals surface area contributed by atoms with Crippen LogP contribution in [0.4, 0.5) is 18.9 Å². The Bertz CT molecular complexity index is 1310. The molecule has 0 atom stereocenters. The lowest BCUT2D eigenvalue weighted by Crippen LogP contribution is -2.33. The van der Waals surface area contributed by atoms with E-state index in [0.29, 0.717) is 6.54 Å². The van der Waals surface area contributed by atoms with Gasteiger partial charge in [0.1, 0.15) is 11.3 Å². The van der Waals surface area contributed by atoms with Gasteiger partial charge in [0.05, 0.1) is 26.7 Å². The molecule has 0 fully saturated rings. The van der Waals surface area contributed by atoms with E-state index in [1.807, 2.05) is 19.9 Å². The van der Waals surface area contributed by atoms with E-state index in [-0.39, 0.29) is 31.8 Å². The van der Waals surface area contributed by atoms with Crippen LogP contribution in [0.25, 0.3) is 10.2 Å². The lowest BCUT2D eigenvalue weighted by atomic mass is 10.3. The zero-order valence-electron chi connectivity index (χ0n) is 16.3. The predicted molar refractivity (Wildman–Crippen MR) is 114 cm³/mol. The maximum absolute atomic E-state index is 14.2. The van der Waals surface area contributed by atoms with Crippen molar-refractivity contribution < 1.29 is 18.5 Å². The summed E-state index contributed by atoms with van der Waals surface area (Å²) in [5.41, 5.74) is 1.68. The molecule has 4 rings (SSSR count). The summed E-state index contributed by atoms with van der Waals surface area (Å²) >= 11 is 1.71. The van der Waals surface area contributed by atoms with Gasteiger partial charge in [-0.25, -0.2) is 13.8 Å². The Hall–Kier alpha value is -3.25. The van der Waals surface area contributed by atoms with Crippen LogP contribution in [-0.4, -0.2) is 32.1 Å². The van der Waals surface area contributed by atoms with Gasteiger partial charge in [-0.1, -0.05) is 22.7 Å². The Morgan fingerprint density at radius 1 is 1.23 bits per heavy atom. The molecule has 0 aliphatic heterocycles. The molecule has 0 aliphatic carbocycles. The van der Waals surface area contributed by atoms with Gasteiger partial charge in [0, 0.05) is 24.4 Å². The predicted octanol–water partition coefficient (Wildman–Crippen LogP) is 4.70. The summed E-state index contributed by atoms with van der Waals surface area (Å²) in [5.74, 6) is -2.08. The van der Waals surface area contributed by atoms with Crippen LogP contribution < -0.4 is 4.90 Å². The van der Waals surface area contributed by atoms with Crippen molar-refractivity contribution >= 4 is 48.9 Å². The number of fused-ring (bicyclic) bond motifs is 1. The Morgan fingerprint density at radius 3 is 2.65 bits per heavy atom. The van der Waals surface area contributed by atoms with E-state index in [1.165, 1.54) is 17.0 Å². The first-order chi connectivity index (χ1) is 14.7. The van der Waals surface area contributed by atoms with Crippen LogP contribution in [0.15, 0.2) is 30.3 Å². The minimum atomic E-state index is -0.824. The summed E-state index contributed by atoms with van der Waals surface area (Å²) in [6.07, 6.45) is 0. The molecule has 0 bridgehead atoms. The summed E-state index contributed by atoms with van der Waals surface area (Å²) in [7, 11) is 0.